The van der Waals surface area contributed by atoms with E-state index in [0.717, 1.165) is 0 Å². The average molecular weight is 696 g/mol. The molecule has 46 heavy (non-hydrogen) atoms. The Morgan fingerprint density at radius 3 is 1.04 bits per heavy atom. The molecular weight excluding hydrogens is 682 g/mol. The fourth-order valence-electron chi connectivity index (χ4n) is 3.47. The van der Waals surface area contributed by atoms with Crippen molar-refractivity contribution in [2.75, 3.05) is 0 Å². The summed E-state index contributed by atoms with van der Waals surface area (Å²) in [6, 6.07) is 3.56. The van der Waals surface area contributed by atoms with Gasteiger partial charge in [-0.1, -0.05) is 0 Å². The number of hydrogen-bond acceptors (Lipinski definition) is 7. The normalized spacial score (nSPS) is 14.7. The first-order valence-corrected chi connectivity index (χ1v) is 11.7. The number of halogens is 14. The lowest BCUT2D eigenvalue weighted by Gasteiger charge is -2.32. The van der Waals surface area contributed by atoms with Gasteiger partial charge in [0.05, 0.1) is 22.7 Å². The highest BCUT2D eigenvalue weighted by Crippen LogP contribution is 2.52. The van der Waals surface area contributed by atoms with E-state index in [1.807, 2.05) is 0 Å². The van der Waals surface area contributed by atoms with E-state index in [2.05, 4.69) is 9.47 Å². The Bertz CT molecular complexity index is 1310. The summed E-state index contributed by atoms with van der Waals surface area (Å²) in [7, 11) is 0. The molecule has 0 aliphatic rings. The second-order valence-electron chi connectivity index (χ2n) is 9.12. The van der Waals surface area contributed by atoms with Crippen LogP contribution in [0.5, 0.6) is 0 Å². The fourth-order valence-corrected chi connectivity index (χ4v) is 3.47. The van der Waals surface area contributed by atoms with E-state index in [9.17, 15) is 86.5 Å². The van der Waals surface area contributed by atoms with E-state index >= 15 is 0 Å². The third-order valence-corrected chi connectivity index (χ3v) is 5.94. The van der Waals surface area contributed by atoms with Gasteiger partial charge in [-0.25, -0.2) is 4.79 Å². The van der Waals surface area contributed by atoms with Gasteiger partial charge in [0, 0.05) is 24.3 Å². The van der Waals surface area contributed by atoms with Crippen molar-refractivity contribution in [3.63, 3.8) is 0 Å². The molecule has 23 heteroatoms. The molecule has 0 fully saturated rings. The van der Waals surface area contributed by atoms with Crippen LogP contribution in [0.1, 0.15) is 36.2 Å². The van der Waals surface area contributed by atoms with Crippen molar-refractivity contribution in [2.45, 2.75) is 61.1 Å². The van der Waals surface area contributed by atoms with Gasteiger partial charge in [-0.15, -0.1) is 0 Å². The Kier molecular flexibility index (Phi) is 10.4. The van der Waals surface area contributed by atoms with Gasteiger partial charge in [0.1, 0.15) is 12.2 Å². The van der Waals surface area contributed by atoms with Gasteiger partial charge in [-0.05, 0) is 35.4 Å². The van der Waals surface area contributed by atoms with Crippen LogP contribution in [0.4, 0.5) is 77.6 Å². The van der Waals surface area contributed by atoms with Gasteiger partial charge >= 0.3 is 42.2 Å². The lowest BCUT2D eigenvalue weighted by Crippen LogP contribution is -2.52. The van der Waals surface area contributed by atoms with Crippen LogP contribution in [0, 0.1) is 20.2 Å². The van der Waals surface area contributed by atoms with Gasteiger partial charge in [0.2, 0.25) is 0 Å². The third kappa shape index (κ3) is 8.02. The lowest BCUT2D eigenvalue weighted by molar-refractivity contribution is -0.385. The average Bonchev–Trinajstić information content (AvgIpc) is 2.90. The molecule has 0 spiro atoms. The predicted molar refractivity (Wildman–Crippen MR) is 120 cm³/mol. The minimum Gasteiger partial charge on any atom is -0.426 e. The number of carbonyl (C=O) groups excluding carboxylic acids is 1. The molecule has 2 atom stereocenters. The molecule has 9 nitrogen and oxygen atoms in total. The maximum atomic E-state index is 14.2. The summed E-state index contributed by atoms with van der Waals surface area (Å²) >= 11 is 0. The van der Waals surface area contributed by atoms with E-state index in [4.69, 9.17) is 0 Å². The Labute approximate surface area is 245 Å². The summed E-state index contributed by atoms with van der Waals surface area (Å²) in [5.74, 6) is -25.9. The van der Waals surface area contributed by atoms with Crippen molar-refractivity contribution in [3.05, 3.63) is 79.9 Å². The summed E-state index contributed by atoms with van der Waals surface area (Å²) < 4.78 is 196. The van der Waals surface area contributed by atoms with Crippen molar-refractivity contribution < 1.29 is 85.6 Å². The maximum Gasteiger partial charge on any atom is 0.509 e. The molecule has 0 aromatic heterocycles. The third-order valence-electron chi connectivity index (χ3n) is 5.94. The van der Waals surface area contributed by atoms with E-state index in [1.54, 1.807) is 0 Å². The number of carbonyl (C=O) groups is 1. The van der Waals surface area contributed by atoms with Crippen LogP contribution in [0.25, 0.3) is 0 Å². The van der Waals surface area contributed by atoms with Crippen molar-refractivity contribution >= 4 is 17.5 Å². The zero-order valence-electron chi connectivity index (χ0n) is 21.7. The molecule has 2 aromatic carbocycles. The summed E-state index contributed by atoms with van der Waals surface area (Å²) in [6.45, 7) is 0. The number of ether oxygens (including phenoxy) is 2. The molecule has 0 aliphatic carbocycles. The first kappa shape index (κ1) is 37.7. The molecular formula is C23H14F14N2O7. The molecule has 2 rings (SSSR count). The molecule has 2 aromatic rings. The second-order valence-corrected chi connectivity index (χ2v) is 9.12. The number of benzene rings is 2. The van der Waals surface area contributed by atoms with Crippen LogP contribution in [0.2, 0.25) is 0 Å². The molecule has 0 radical (unpaired) electrons. The molecule has 0 aliphatic heterocycles. The number of non-ortho nitro benzene ring substituents is 2. The fraction of sp³-hybridized carbons (Fsp3) is 0.435. The molecule has 0 N–H and O–H groups in total. The summed E-state index contributed by atoms with van der Waals surface area (Å²) in [6.07, 6.45) is -28.0. The van der Waals surface area contributed by atoms with Gasteiger partial charge in [-0.3, -0.25) is 20.2 Å². The molecule has 256 valence electrons. The van der Waals surface area contributed by atoms with E-state index < -0.39 is 99.6 Å². The Morgan fingerprint density at radius 1 is 0.565 bits per heavy atom. The van der Waals surface area contributed by atoms with Crippen LogP contribution in [-0.4, -0.2) is 52.0 Å². The van der Waals surface area contributed by atoms with Crippen molar-refractivity contribution in [2.24, 2.45) is 0 Å². The van der Waals surface area contributed by atoms with Crippen LogP contribution in [0.3, 0.4) is 0 Å². The molecule has 0 amide bonds. The maximum absolute atomic E-state index is 14.2. The molecule has 0 bridgehead atoms. The van der Waals surface area contributed by atoms with Crippen molar-refractivity contribution in [1.29, 1.82) is 0 Å². The standard InChI is InChI=1S/C23H14F14N2O7/c24-18(25,20(28,29)22(32,33)34)9-15(11-1-5-13(6-2-11)38(41)42)45-17(40)46-16(12-3-7-14(8-4-12)39(43)44)10-19(26,27)21(30,31)23(35,36)37/h1-8,15-16H,9-10H2. The van der Waals surface area contributed by atoms with Crippen LogP contribution in [-0.2, 0) is 9.47 Å². The quantitative estimate of drug-likeness (QED) is 0.0941. The number of rotatable bonds is 12. The monoisotopic (exact) mass is 696 g/mol. The van der Waals surface area contributed by atoms with E-state index in [0.29, 0.717) is 48.5 Å². The predicted octanol–water partition coefficient (Wildman–Crippen LogP) is 8.88. The Hall–Kier alpha value is -4.47. The Balaban J connectivity index is 2.55. The van der Waals surface area contributed by atoms with Gasteiger partial charge in [0.25, 0.3) is 11.4 Å². The topological polar surface area (TPSA) is 122 Å². The van der Waals surface area contributed by atoms with Crippen LogP contribution < -0.4 is 0 Å². The van der Waals surface area contributed by atoms with Gasteiger partial charge < -0.3 is 9.47 Å². The van der Waals surface area contributed by atoms with Crippen LogP contribution >= 0.6 is 0 Å². The highest BCUT2D eigenvalue weighted by molar-refractivity contribution is 5.61. The first-order chi connectivity index (χ1) is 20.6. The molecule has 0 heterocycles. The minimum atomic E-state index is -6.91. The van der Waals surface area contributed by atoms with Gasteiger partial charge in [-0.2, -0.15) is 61.5 Å². The van der Waals surface area contributed by atoms with E-state index in [1.165, 1.54) is 0 Å². The molecule has 2 unspecified atom stereocenters. The van der Waals surface area contributed by atoms with Crippen molar-refractivity contribution in [3.8, 4) is 0 Å². The number of hydrogen-bond donors (Lipinski definition) is 0. The van der Waals surface area contributed by atoms with Gasteiger partial charge in [0.15, 0.2) is 0 Å². The van der Waals surface area contributed by atoms with Crippen molar-refractivity contribution in [1.82, 2.24) is 0 Å². The second kappa shape index (κ2) is 12.7. The van der Waals surface area contributed by atoms with Crippen LogP contribution in [0.15, 0.2) is 48.5 Å². The number of nitro benzene ring substituents is 2. The largest absolute Gasteiger partial charge is 0.509 e. The van der Waals surface area contributed by atoms with E-state index in [-0.39, 0.29) is 0 Å². The lowest BCUT2D eigenvalue weighted by atomic mass is 9.98. The summed E-state index contributed by atoms with van der Waals surface area (Å²) in [4.78, 5) is 31.9. The highest BCUT2D eigenvalue weighted by atomic mass is 19.4. The number of nitro groups is 2. The first-order valence-electron chi connectivity index (χ1n) is 11.7. The number of alkyl halides is 14. The SMILES string of the molecule is O=C(OC(CC(F)(F)C(F)(F)C(F)(F)F)c1ccc([N+](=O)[O-])cc1)OC(CC(F)(F)C(F)(F)C(F)(F)F)c1ccc([N+](=O)[O-])cc1. The summed E-state index contributed by atoms with van der Waals surface area (Å²) in [5, 5.41) is 21.7. The highest BCUT2D eigenvalue weighted by Gasteiger charge is 2.74. The minimum absolute atomic E-state index is 0.420. The zero-order valence-corrected chi connectivity index (χ0v) is 21.7. The number of nitrogens with zero attached hydrogens (tertiary/aromatic N) is 2. The molecule has 0 saturated heterocycles. The summed E-state index contributed by atoms with van der Waals surface area (Å²) in [5.41, 5.74) is -3.57. The smallest absolute Gasteiger partial charge is 0.426 e. The molecule has 0 saturated carbocycles. The zero-order chi connectivity index (χ0) is 35.7. The Morgan fingerprint density at radius 2 is 0.826 bits per heavy atom.